The number of benzene rings is 1. The Hall–Kier alpha value is -3.06. The third kappa shape index (κ3) is 6.09. The Balaban J connectivity index is 1.49. The second-order valence-corrected chi connectivity index (χ2v) is 12.3. The van der Waals surface area contributed by atoms with E-state index in [2.05, 4.69) is 15.3 Å². The topological polar surface area (TPSA) is 120 Å². The van der Waals surface area contributed by atoms with Gasteiger partial charge in [-0.15, -0.1) is 0 Å². The zero-order valence-corrected chi connectivity index (χ0v) is 21.8. The zero-order chi connectivity index (χ0) is 27.0. The number of carbonyl (C=O) groups excluding carboxylic acids is 1. The van der Waals surface area contributed by atoms with E-state index >= 15 is 4.39 Å². The number of halogens is 2. The zero-order valence-electron chi connectivity index (χ0n) is 21.0. The molecule has 2 aliphatic rings. The Kier molecular flexibility index (Phi) is 7.56. The fraction of sp³-hybridized carbons (Fsp3) is 0.542. The summed E-state index contributed by atoms with van der Waals surface area (Å²) in [7, 11) is -3.60. The van der Waals surface area contributed by atoms with Crippen molar-refractivity contribution in [2.45, 2.75) is 44.3 Å². The van der Waals surface area contributed by atoms with Crippen LogP contribution in [0, 0.1) is 23.5 Å². The van der Waals surface area contributed by atoms with E-state index in [1.807, 2.05) is 0 Å². The van der Waals surface area contributed by atoms with Crippen LogP contribution < -0.4 is 10.1 Å². The van der Waals surface area contributed by atoms with Gasteiger partial charge in [0.15, 0.2) is 15.7 Å². The third-order valence-corrected chi connectivity index (χ3v) is 7.82. The van der Waals surface area contributed by atoms with Gasteiger partial charge >= 0.3 is 6.09 Å². The van der Waals surface area contributed by atoms with E-state index in [1.165, 1.54) is 19.1 Å². The smallest absolute Gasteiger partial charge is 0.410 e. The molecule has 3 heterocycles. The second-order valence-electron chi connectivity index (χ2n) is 10.0. The van der Waals surface area contributed by atoms with Gasteiger partial charge < -0.3 is 24.4 Å². The highest BCUT2D eigenvalue weighted by atomic mass is 32.2. The minimum atomic E-state index is -3.60. The summed E-state index contributed by atoms with van der Waals surface area (Å²) < 4.78 is 70.9. The molecule has 2 fully saturated rings. The normalized spacial score (nSPS) is 21.9. The van der Waals surface area contributed by atoms with E-state index in [1.54, 1.807) is 25.7 Å². The van der Waals surface area contributed by atoms with Gasteiger partial charge in [0.2, 0.25) is 5.82 Å². The SMILES string of the molecule is CCS(=O)(=O)c1ccc(Nc2ncnc(OC3C4COCC3CN(C(=O)OC(C)(C)C)C4)c2F)c(F)c1. The average molecular weight is 541 g/mol. The van der Waals surface area contributed by atoms with Gasteiger partial charge in [-0.25, -0.2) is 22.6 Å². The highest BCUT2D eigenvalue weighted by Crippen LogP contribution is 2.34. The molecule has 0 aliphatic carbocycles. The number of aromatic nitrogens is 2. The van der Waals surface area contributed by atoms with E-state index in [9.17, 15) is 17.6 Å². The molecule has 2 aromatic rings. The van der Waals surface area contributed by atoms with Crippen molar-refractivity contribution in [1.82, 2.24) is 14.9 Å². The second kappa shape index (κ2) is 10.4. The van der Waals surface area contributed by atoms with Gasteiger partial charge in [0.1, 0.15) is 23.8 Å². The van der Waals surface area contributed by atoms with Crippen molar-refractivity contribution in [3.8, 4) is 5.88 Å². The molecule has 0 saturated carbocycles. The van der Waals surface area contributed by atoms with Crippen LogP contribution in [-0.4, -0.2) is 73.1 Å². The summed E-state index contributed by atoms with van der Waals surface area (Å²) in [6, 6.07) is 3.31. The number of anilines is 2. The fourth-order valence-electron chi connectivity index (χ4n) is 4.30. The minimum Gasteiger partial charge on any atom is -0.471 e. The first-order valence-corrected chi connectivity index (χ1v) is 13.6. The lowest BCUT2D eigenvalue weighted by molar-refractivity contribution is -0.114. The van der Waals surface area contributed by atoms with Crippen molar-refractivity contribution in [1.29, 1.82) is 0 Å². The van der Waals surface area contributed by atoms with Gasteiger partial charge in [0, 0.05) is 24.9 Å². The van der Waals surface area contributed by atoms with E-state index < -0.39 is 39.3 Å². The van der Waals surface area contributed by atoms with Crippen molar-refractivity contribution in [2.24, 2.45) is 11.8 Å². The molecule has 2 bridgehead atoms. The van der Waals surface area contributed by atoms with E-state index in [-0.39, 0.29) is 39.9 Å². The number of amides is 1. The summed E-state index contributed by atoms with van der Waals surface area (Å²) in [6.07, 6.45) is 0.179. The van der Waals surface area contributed by atoms with Crippen LogP contribution >= 0.6 is 0 Å². The van der Waals surface area contributed by atoms with Crippen molar-refractivity contribution >= 4 is 27.4 Å². The predicted octanol–water partition coefficient (Wildman–Crippen LogP) is 3.55. The van der Waals surface area contributed by atoms with Crippen LogP contribution in [0.3, 0.4) is 0 Å². The van der Waals surface area contributed by atoms with Crippen molar-refractivity contribution < 1.29 is 36.2 Å². The molecule has 10 nitrogen and oxygen atoms in total. The molecule has 2 atom stereocenters. The number of hydrogen-bond donors (Lipinski definition) is 1. The molecule has 2 aliphatic heterocycles. The molecule has 1 N–H and O–H groups in total. The lowest BCUT2D eigenvalue weighted by atomic mass is 9.84. The first kappa shape index (κ1) is 27.0. The number of likely N-dealkylation sites (tertiary alicyclic amines) is 1. The number of hydrogen-bond acceptors (Lipinski definition) is 9. The molecule has 0 spiro atoms. The van der Waals surface area contributed by atoms with Crippen molar-refractivity contribution in [3.63, 3.8) is 0 Å². The predicted molar refractivity (Wildman–Crippen MR) is 129 cm³/mol. The number of sulfone groups is 1. The largest absolute Gasteiger partial charge is 0.471 e. The van der Waals surface area contributed by atoms with Crippen LogP contribution in [0.5, 0.6) is 5.88 Å². The Morgan fingerprint density at radius 2 is 1.86 bits per heavy atom. The van der Waals surface area contributed by atoms with E-state index in [0.717, 1.165) is 12.4 Å². The molecule has 13 heteroatoms. The number of fused-ring (bicyclic) bond motifs is 2. The lowest BCUT2D eigenvalue weighted by Crippen LogP contribution is -2.59. The number of ether oxygens (including phenoxy) is 3. The molecule has 2 saturated heterocycles. The van der Waals surface area contributed by atoms with Crippen molar-refractivity contribution in [3.05, 3.63) is 36.2 Å². The number of nitrogens with one attached hydrogen (secondary N) is 1. The molecule has 2 unspecified atom stereocenters. The van der Waals surface area contributed by atoms with Gasteiger partial charge in [-0.3, -0.25) is 0 Å². The van der Waals surface area contributed by atoms with Gasteiger partial charge in [-0.2, -0.15) is 9.37 Å². The highest BCUT2D eigenvalue weighted by molar-refractivity contribution is 7.91. The maximum absolute atomic E-state index is 15.3. The van der Waals surface area contributed by atoms with Gasteiger partial charge in [-0.05, 0) is 39.0 Å². The monoisotopic (exact) mass is 540 g/mol. The molecular weight excluding hydrogens is 510 g/mol. The first-order chi connectivity index (χ1) is 17.4. The Labute approximate surface area is 214 Å². The van der Waals surface area contributed by atoms with Crippen molar-refractivity contribution in [2.75, 3.05) is 37.4 Å². The molecule has 1 amide bonds. The molecule has 4 rings (SSSR count). The molecule has 37 heavy (non-hydrogen) atoms. The summed E-state index contributed by atoms with van der Waals surface area (Å²) in [6.45, 7) is 8.09. The average Bonchev–Trinajstić information content (AvgIpc) is 2.81. The number of piperidine rings is 1. The summed E-state index contributed by atoms with van der Waals surface area (Å²) in [5.41, 5.74) is -0.789. The lowest BCUT2D eigenvalue weighted by Gasteiger charge is -2.46. The summed E-state index contributed by atoms with van der Waals surface area (Å²) in [5, 5.41) is 2.54. The van der Waals surface area contributed by atoms with E-state index in [4.69, 9.17) is 14.2 Å². The minimum absolute atomic E-state index is 0.158. The summed E-state index contributed by atoms with van der Waals surface area (Å²) in [5.74, 6) is -3.12. The van der Waals surface area contributed by atoms with Gasteiger partial charge in [0.05, 0.1) is 29.5 Å². The maximum atomic E-state index is 15.3. The van der Waals surface area contributed by atoms with E-state index in [0.29, 0.717) is 26.3 Å². The van der Waals surface area contributed by atoms with Gasteiger partial charge in [-0.1, -0.05) is 6.92 Å². The van der Waals surface area contributed by atoms with Crippen LogP contribution in [0.2, 0.25) is 0 Å². The van der Waals surface area contributed by atoms with Crippen LogP contribution in [-0.2, 0) is 19.3 Å². The maximum Gasteiger partial charge on any atom is 0.410 e. The number of carbonyl (C=O) groups is 1. The fourth-order valence-corrected chi connectivity index (χ4v) is 5.20. The van der Waals surface area contributed by atoms with Crippen LogP contribution in [0.4, 0.5) is 25.1 Å². The van der Waals surface area contributed by atoms with Crippen LogP contribution in [0.25, 0.3) is 0 Å². The standard InChI is InChI=1S/C24H30F2N4O6S/c1-5-37(32,33)16-6-7-18(17(25)8-16)29-21-19(26)22(28-13-27-21)35-20-14-9-30(10-15(20)12-34-11-14)23(31)36-24(2,3)4/h6-8,13-15,20H,5,9-12H2,1-4H3,(H,27,28,29). The molecule has 1 aromatic carbocycles. The first-order valence-electron chi connectivity index (χ1n) is 11.9. The molecular formula is C24H30F2N4O6S. The quantitative estimate of drug-likeness (QED) is 0.586. The number of nitrogens with zero attached hydrogens (tertiary/aromatic N) is 3. The molecule has 202 valence electrons. The Morgan fingerprint density at radius 3 is 2.46 bits per heavy atom. The Bertz CT molecular complexity index is 1260. The third-order valence-electron chi connectivity index (χ3n) is 6.09. The van der Waals surface area contributed by atoms with Crippen LogP contribution in [0.1, 0.15) is 27.7 Å². The summed E-state index contributed by atoms with van der Waals surface area (Å²) >= 11 is 0. The molecule has 0 radical (unpaired) electrons. The molecule has 1 aromatic heterocycles. The van der Waals surface area contributed by atoms with Gasteiger partial charge in [0.25, 0.3) is 5.88 Å². The highest BCUT2D eigenvalue weighted by Gasteiger charge is 2.44. The number of rotatable bonds is 6. The van der Waals surface area contributed by atoms with Crippen LogP contribution in [0.15, 0.2) is 29.4 Å². The Morgan fingerprint density at radius 1 is 1.19 bits per heavy atom. The summed E-state index contributed by atoms with van der Waals surface area (Å²) in [4.78, 5) is 21.8.